The summed E-state index contributed by atoms with van der Waals surface area (Å²) in [6, 6.07) is 0. The first-order valence-electron chi connectivity index (χ1n) is 9.89. The molecule has 0 rings (SSSR count). The van der Waals surface area contributed by atoms with Gasteiger partial charge < -0.3 is 24.4 Å². The Morgan fingerprint density at radius 1 is 0.821 bits per heavy atom. The Labute approximate surface area is 171 Å². The number of rotatable bonds is 16. The second-order valence-corrected chi connectivity index (χ2v) is 6.67. The Hall–Kier alpha value is -0.330. The quantitative estimate of drug-likeness (QED) is 0.247. The molecule has 0 aromatic heterocycles. The van der Waals surface area contributed by atoms with Gasteiger partial charge in [0.2, 0.25) is 0 Å². The fourth-order valence-electron chi connectivity index (χ4n) is 1.74. The molecule has 0 aromatic carbocycles. The predicted octanol–water partition coefficient (Wildman–Crippen LogP) is 2.07. The lowest BCUT2D eigenvalue weighted by atomic mass is 10.0. The maximum absolute atomic E-state index is 10.3. The molecular weight excluding hydrogens is 392 g/mol. The first kappa shape index (κ1) is 32.3. The molecule has 9 nitrogen and oxygen atoms in total. The van der Waals surface area contributed by atoms with E-state index in [1.54, 1.807) is 0 Å². The van der Waals surface area contributed by atoms with Gasteiger partial charge in [-0.3, -0.25) is 4.55 Å². The van der Waals surface area contributed by atoms with Crippen LogP contribution >= 0.6 is 0 Å². The molecule has 0 amide bonds. The van der Waals surface area contributed by atoms with Crippen LogP contribution in [-0.2, 0) is 28.8 Å². The van der Waals surface area contributed by atoms with Crippen LogP contribution in [-0.4, -0.2) is 82.6 Å². The molecule has 0 aliphatic heterocycles. The highest BCUT2D eigenvalue weighted by Gasteiger charge is 2.11. The topological polar surface area (TPSA) is 132 Å². The van der Waals surface area contributed by atoms with Gasteiger partial charge in [0.15, 0.2) is 0 Å². The zero-order valence-corrected chi connectivity index (χ0v) is 18.8. The molecule has 10 heteroatoms. The number of hydrogen-bond donors (Lipinski definition) is 3. The molecule has 0 saturated carbocycles. The largest absolute Gasteiger partial charge is 0.397 e. The van der Waals surface area contributed by atoms with E-state index in [1.807, 2.05) is 20.8 Å². The summed E-state index contributed by atoms with van der Waals surface area (Å²) < 4.78 is 47.7. The summed E-state index contributed by atoms with van der Waals surface area (Å²) in [6.45, 7) is 11.5. The molecule has 1 atom stereocenters. The minimum atomic E-state index is -4.25. The molecule has 3 N–H and O–H groups in total. The first-order chi connectivity index (χ1) is 13.3. The van der Waals surface area contributed by atoms with E-state index in [1.165, 1.54) is 0 Å². The van der Waals surface area contributed by atoms with Gasteiger partial charge in [-0.05, 0) is 26.2 Å². The van der Waals surface area contributed by atoms with E-state index < -0.39 is 10.4 Å². The predicted molar refractivity (Wildman–Crippen MR) is 109 cm³/mol. The molecule has 28 heavy (non-hydrogen) atoms. The van der Waals surface area contributed by atoms with Gasteiger partial charge >= 0.3 is 10.4 Å². The van der Waals surface area contributed by atoms with Crippen molar-refractivity contribution in [2.45, 2.75) is 53.4 Å². The van der Waals surface area contributed by atoms with Crippen LogP contribution in [0.5, 0.6) is 0 Å². The van der Waals surface area contributed by atoms with E-state index >= 15 is 0 Å². The van der Waals surface area contributed by atoms with Crippen LogP contribution in [0.3, 0.4) is 0 Å². The molecule has 0 spiro atoms. The van der Waals surface area contributed by atoms with Crippen molar-refractivity contribution in [3.8, 4) is 0 Å². The van der Waals surface area contributed by atoms with E-state index in [9.17, 15) is 8.42 Å². The molecule has 0 bridgehead atoms. The van der Waals surface area contributed by atoms with E-state index in [0.29, 0.717) is 26.4 Å². The SMILES string of the molecule is CCCCC(CC)COS(=O)(=O)O.CCOCC.OCCOCCOCCO. The van der Waals surface area contributed by atoms with Crippen LogP contribution in [0.25, 0.3) is 0 Å². The van der Waals surface area contributed by atoms with Gasteiger partial charge in [-0.25, -0.2) is 4.18 Å². The maximum Gasteiger partial charge on any atom is 0.397 e. The van der Waals surface area contributed by atoms with Crippen LogP contribution in [0, 0.1) is 5.92 Å². The fourth-order valence-corrected chi connectivity index (χ4v) is 2.10. The Bertz CT molecular complexity index is 354. The summed E-state index contributed by atoms with van der Waals surface area (Å²) in [4.78, 5) is 0. The first-order valence-corrected chi connectivity index (χ1v) is 11.3. The van der Waals surface area contributed by atoms with Gasteiger partial charge in [-0.1, -0.05) is 33.1 Å². The lowest BCUT2D eigenvalue weighted by Gasteiger charge is -2.12. The molecule has 0 radical (unpaired) electrons. The molecule has 0 heterocycles. The number of unbranched alkanes of at least 4 members (excludes halogenated alkanes) is 1. The Morgan fingerprint density at radius 2 is 1.32 bits per heavy atom. The summed E-state index contributed by atoms with van der Waals surface area (Å²) in [5, 5.41) is 16.5. The third-order valence-corrected chi connectivity index (χ3v) is 3.68. The van der Waals surface area contributed by atoms with Gasteiger partial charge in [-0.15, -0.1) is 0 Å². The summed E-state index contributed by atoms with van der Waals surface area (Å²) in [5.41, 5.74) is 0. The van der Waals surface area contributed by atoms with Crippen molar-refractivity contribution in [3.63, 3.8) is 0 Å². The van der Waals surface area contributed by atoms with E-state index in [-0.39, 0.29) is 25.7 Å². The molecule has 0 aliphatic rings. The van der Waals surface area contributed by atoms with Crippen molar-refractivity contribution in [1.29, 1.82) is 0 Å². The average molecular weight is 435 g/mol. The molecule has 0 aliphatic carbocycles. The van der Waals surface area contributed by atoms with Crippen LogP contribution in [0.4, 0.5) is 0 Å². The highest BCUT2D eigenvalue weighted by Crippen LogP contribution is 2.13. The summed E-state index contributed by atoms with van der Waals surface area (Å²) in [6.07, 6.45) is 3.97. The number of aliphatic hydroxyl groups is 2. The van der Waals surface area contributed by atoms with Crippen LogP contribution < -0.4 is 0 Å². The van der Waals surface area contributed by atoms with Crippen LogP contribution in [0.2, 0.25) is 0 Å². The third-order valence-electron chi connectivity index (χ3n) is 3.25. The minimum Gasteiger partial charge on any atom is -0.394 e. The Balaban J connectivity index is -0.000000368. The molecule has 0 aromatic rings. The highest BCUT2D eigenvalue weighted by atomic mass is 32.3. The highest BCUT2D eigenvalue weighted by molar-refractivity contribution is 7.80. The fraction of sp³-hybridized carbons (Fsp3) is 1.00. The number of ether oxygens (including phenoxy) is 3. The number of hydrogen-bond acceptors (Lipinski definition) is 8. The summed E-state index contributed by atoms with van der Waals surface area (Å²) >= 11 is 0. The zero-order valence-electron chi connectivity index (χ0n) is 18.0. The van der Waals surface area contributed by atoms with Crippen molar-refractivity contribution >= 4 is 10.4 Å². The molecule has 1 unspecified atom stereocenters. The molecular formula is C18H42O9S. The lowest BCUT2D eigenvalue weighted by Crippen LogP contribution is -2.13. The molecule has 0 saturated heterocycles. The Morgan fingerprint density at radius 3 is 1.61 bits per heavy atom. The van der Waals surface area contributed by atoms with Gasteiger partial charge in [0.1, 0.15) is 0 Å². The van der Waals surface area contributed by atoms with Crippen LogP contribution in [0.1, 0.15) is 53.4 Å². The summed E-state index contributed by atoms with van der Waals surface area (Å²) in [7, 11) is -4.25. The molecule has 0 fully saturated rings. The van der Waals surface area contributed by atoms with E-state index in [2.05, 4.69) is 11.1 Å². The van der Waals surface area contributed by atoms with Gasteiger partial charge in [0.25, 0.3) is 0 Å². The second-order valence-electron chi connectivity index (χ2n) is 5.58. The lowest BCUT2D eigenvalue weighted by molar-refractivity contribution is 0.0222. The van der Waals surface area contributed by atoms with Crippen molar-refractivity contribution in [2.24, 2.45) is 5.92 Å². The van der Waals surface area contributed by atoms with E-state index in [0.717, 1.165) is 38.9 Å². The third kappa shape index (κ3) is 36.6. The van der Waals surface area contributed by atoms with Crippen molar-refractivity contribution in [3.05, 3.63) is 0 Å². The maximum atomic E-state index is 10.3. The van der Waals surface area contributed by atoms with Gasteiger partial charge in [-0.2, -0.15) is 8.42 Å². The average Bonchev–Trinajstić information content (AvgIpc) is 2.66. The van der Waals surface area contributed by atoms with Crippen molar-refractivity contribution < 1.29 is 41.6 Å². The normalized spacial score (nSPS) is 11.8. The van der Waals surface area contributed by atoms with E-state index in [4.69, 9.17) is 29.0 Å². The van der Waals surface area contributed by atoms with Gasteiger partial charge in [0, 0.05) is 13.2 Å². The van der Waals surface area contributed by atoms with Crippen molar-refractivity contribution in [2.75, 3.05) is 59.5 Å². The smallest absolute Gasteiger partial charge is 0.394 e. The zero-order chi connectivity index (χ0) is 22.1. The monoisotopic (exact) mass is 434 g/mol. The molecule has 174 valence electrons. The second kappa shape index (κ2) is 26.7. The summed E-state index contributed by atoms with van der Waals surface area (Å²) in [5.74, 6) is 0.224. The standard InChI is InChI=1S/C8H18O4S.C6H14O4.C4H10O/c1-3-5-6-8(4-2)7-12-13(9,10)11;7-1-3-9-5-6-10-4-2-8;1-3-5-4-2/h8H,3-7H2,1-2H3,(H,9,10,11);7-8H,1-6H2;3-4H2,1-2H3. The Kier molecular flexibility index (Phi) is 30.8. The van der Waals surface area contributed by atoms with Gasteiger partial charge in [0.05, 0.1) is 46.2 Å². The number of aliphatic hydroxyl groups excluding tert-OH is 2. The minimum absolute atomic E-state index is 0.0417. The van der Waals surface area contributed by atoms with Crippen LogP contribution in [0.15, 0.2) is 0 Å². The van der Waals surface area contributed by atoms with Crippen molar-refractivity contribution in [1.82, 2.24) is 0 Å².